The number of hydrogen-bond donors (Lipinski definition) is 5. The number of pyridine rings is 6. The second-order valence-electron chi connectivity index (χ2n) is 14.4. The highest BCUT2D eigenvalue weighted by molar-refractivity contribution is 6.31. The minimum absolute atomic E-state index is 0. The molecule has 6 aromatic heterocycles. The van der Waals surface area contributed by atoms with Gasteiger partial charge in [-0.05, 0) is 118 Å². The number of carboxylic acid groups (broad SMARTS) is 1. The number of carbonyl (C=O) groups is 2. The van der Waals surface area contributed by atoms with E-state index in [1.807, 2.05) is 26.0 Å². The number of rotatable bonds is 9. The van der Waals surface area contributed by atoms with Crippen LogP contribution in [0.1, 0.15) is 63.2 Å². The number of nitrogens with one attached hydrogen (secondary N) is 1. The van der Waals surface area contributed by atoms with Crippen LogP contribution in [0, 0.1) is 13.8 Å². The van der Waals surface area contributed by atoms with Gasteiger partial charge in [0, 0.05) is 78.0 Å². The van der Waals surface area contributed by atoms with E-state index >= 15 is 0 Å². The lowest BCUT2D eigenvalue weighted by molar-refractivity contribution is 0.0696. The number of aromatic nitrogens is 6. The third-order valence-electron chi connectivity index (χ3n) is 9.76. The second kappa shape index (κ2) is 25.5. The standard InChI is InChI=1S/C23H20ClN5O2.C16H11ClN2O3.C7H11N3.CH3F.CH4.ClH/c1-14-6-21(25)27-10-18(14)11-28-23(31)16-4-5-26-20(8-16)13-29-12-17-7-19(24)3-2-15(17)9-22(29)30;17-13-2-1-10-7-15(20)19(8-12(10)5-13)9-14-6-11(16(21)22)3-4-18-14;1-5-2-7(9)10-4-6(5)3-8;1-2;;/h2-10,12H,11,13H2,1H3,(H2,25,27)(H,28,31);1-8H,9H2,(H,21,22);2,4H,3,8H2,1H3,(H2,9,10);1H3;1H4;1H/i;;;1D;;. The van der Waals surface area contributed by atoms with Crippen LogP contribution in [0.2, 0.25) is 10.0 Å². The van der Waals surface area contributed by atoms with Crippen molar-refractivity contribution in [2.24, 2.45) is 5.73 Å². The average Bonchev–Trinajstić information content (AvgIpc) is 3.28. The van der Waals surface area contributed by atoms with Gasteiger partial charge >= 0.3 is 5.97 Å². The molecule has 0 radical (unpaired) electrons. The first-order valence-corrected chi connectivity index (χ1v) is 20.3. The first-order chi connectivity index (χ1) is 31.6. The maximum Gasteiger partial charge on any atom is 0.335 e. The summed E-state index contributed by atoms with van der Waals surface area (Å²) >= 11 is 12.0. The van der Waals surface area contributed by atoms with Crippen molar-refractivity contribution >= 4 is 80.7 Å². The highest BCUT2D eigenvalue weighted by atomic mass is 35.5. The second-order valence-corrected chi connectivity index (χ2v) is 15.2. The van der Waals surface area contributed by atoms with Crippen LogP contribution in [0.4, 0.5) is 16.0 Å². The molecule has 8 rings (SSSR count). The van der Waals surface area contributed by atoms with Gasteiger partial charge in [-0.3, -0.25) is 28.7 Å². The third kappa shape index (κ3) is 15.2. The lowest BCUT2D eigenvalue weighted by Gasteiger charge is -2.10. The molecule has 0 fully saturated rings. The van der Waals surface area contributed by atoms with Gasteiger partial charge in [0.05, 0.1) is 38.6 Å². The summed E-state index contributed by atoms with van der Waals surface area (Å²) in [5, 5.41) is 16.4. The summed E-state index contributed by atoms with van der Waals surface area (Å²) in [7, 11) is -1.00. The lowest BCUT2D eigenvalue weighted by atomic mass is 10.1. The van der Waals surface area contributed by atoms with Crippen LogP contribution in [-0.2, 0) is 26.2 Å². The molecule has 1 amide bonds. The van der Waals surface area contributed by atoms with Crippen LogP contribution in [0.3, 0.4) is 0 Å². The Bertz CT molecular complexity index is 3140. The highest BCUT2D eigenvalue weighted by Crippen LogP contribution is 2.19. The predicted octanol–water partition coefficient (Wildman–Crippen LogP) is 8.18. The smallest absolute Gasteiger partial charge is 0.335 e. The summed E-state index contributed by atoms with van der Waals surface area (Å²) in [6.45, 7) is 5.18. The predicted molar refractivity (Wildman–Crippen MR) is 267 cm³/mol. The lowest BCUT2D eigenvalue weighted by Crippen LogP contribution is -2.24. The Balaban J connectivity index is 0.000000288. The van der Waals surface area contributed by atoms with E-state index in [2.05, 4.69) is 25.3 Å². The topological polar surface area (TPSA) is 240 Å². The molecule has 0 aliphatic carbocycles. The largest absolute Gasteiger partial charge is 0.478 e. The van der Waals surface area contributed by atoms with Gasteiger partial charge in [-0.2, -0.15) is 0 Å². The van der Waals surface area contributed by atoms with Crippen molar-refractivity contribution in [2.75, 3.05) is 18.6 Å². The molecular formula is C48H50Cl3FN10O5. The summed E-state index contributed by atoms with van der Waals surface area (Å²) in [6.07, 6.45) is 9.78. The van der Waals surface area contributed by atoms with Crippen molar-refractivity contribution in [1.82, 2.24) is 34.4 Å². The van der Waals surface area contributed by atoms with E-state index in [-0.39, 0.29) is 55.5 Å². The van der Waals surface area contributed by atoms with Crippen molar-refractivity contribution in [1.29, 1.82) is 0 Å². The number of nitrogens with two attached hydrogens (primary N) is 3. The number of nitrogens with zero attached hydrogens (tertiary/aromatic N) is 6. The van der Waals surface area contributed by atoms with Crippen LogP contribution in [0.15, 0.2) is 132 Å². The van der Waals surface area contributed by atoms with Gasteiger partial charge in [0.25, 0.3) is 17.0 Å². The van der Waals surface area contributed by atoms with E-state index < -0.39 is 13.1 Å². The number of alkyl halides is 1. The van der Waals surface area contributed by atoms with E-state index in [1.165, 1.54) is 29.0 Å². The number of halogens is 4. The number of aryl methyl sites for hydroxylation is 2. The van der Waals surface area contributed by atoms with Gasteiger partial charge in [0.15, 0.2) is 0 Å². The zero-order chi connectivity index (χ0) is 47.9. The molecule has 0 saturated heterocycles. The molecule has 6 heterocycles. The summed E-state index contributed by atoms with van der Waals surface area (Å²) < 4.78 is 18.5. The summed E-state index contributed by atoms with van der Waals surface area (Å²) in [6, 6.07) is 23.5. The quantitative estimate of drug-likeness (QED) is 0.0920. The molecular weight excluding hydrogens is 922 g/mol. The van der Waals surface area contributed by atoms with Crippen molar-refractivity contribution in [2.45, 2.75) is 47.5 Å². The molecule has 0 spiro atoms. The van der Waals surface area contributed by atoms with Gasteiger partial charge in [-0.15, -0.1) is 12.4 Å². The van der Waals surface area contributed by atoms with Gasteiger partial charge in [0.1, 0.15) is 11.6 Å². The number of fused-ring (bicyclic) bond motifs is 2. The SMILES string of the molecule is C.Cc1cc(N)ncc1CN.Cc1cc(N)ncc1CNC(=O)c1ccnc(Cn2cc3cc(Cl)ccc3cc2=O)c1.Cl.O=C(O)c1ccnc(Cn2cc3cc(Cl)ccc3cc2=O)c1.[2H]CF. The number of carboxylic acids is 1. The minimum atomic E-state index is -1.03. The highest BCUT2D eigenvalue weighted by Gasteiger charge is 2.11. The van der Waals surface area contributed by atoms with E-state index in [0.29, 0.717) is 51.7 Å². The van der Waals surface area contributed by atoms with Crippen molar-refractivity contribution < 1.29 is 20.5 Å². The fourth-order valence-electron chi connectivity index (χ4n) is 6.36. The van der Waals surface area contributed by atoms with Gasteiger partial charge in [0.2, 0.25) is 0 Å². The molecule has 0 aliphatic rings. The monoisotopic (exact) mass is 971 g/mol. The van der Waals surface area contributed by atoms with Gasteiger partial charge in [-0.25, -0.2) is 14.8 Å². The normalized spacial score (nSPS) is 10.3. The Morgan fingerprint density at radius 3 is 1.60 bits per heavy atom. The van der Waals surface area contributed by atoms with Gasteiger partial charge < -0.3 is 36.8 Å². The number of amides is 1. The van der Waals surface area contributed by atoms with Crippen molar-refractivity contribution in [3.05, 3.63) is 198 Å². The van der Waals surface area contributed by atoms with Crippen LogP contribution < -0.4 is 33.6 Å². The Morgan fingerprint density at radius 2 is 1.15 bits per heavy atom. The molecule has 0 bridgehead atoms. The molecule has 0 aliphatic heterocycles. The molecule has 0 atom stereocenters. The maximum absolute atomic E-state index is 12.6. The number of aromatic carboxylic acids is 1. The van der Waals surface area contributed by atoms with Crippen molar-refractivity contribution in [3.8, 4) is 0 Å². The third-order valence-corrected chi connectivity index (χ3v) is 10.2. The molecule has 0 unspecified atom stereocenters. The first kappa shape index (κ1) is 52.4. The fraction of sp³-hybridized carbons (Fsp3) is 0.167. The van der Waals surface area contributed by atoms with E-state index in [1.54, 1.807) is 90.1 Å². The Labute approximate surface area is 403 Å². The molecule has 15 nitrogen and oxygen atoms in total. The zero-order valence-electron chi connectivity index (χ0n) is 36.6. The summed E-state index contributed by atoms with van der Waals surface area (Å²) in [4.78, 5) is 64.6. The van der Waals surface area contributed by atoms with Gasteiger partial charge in [-0.1, -0.05) is 42.8 Å². The fourth-order valence-corrected chi connectivity index (χ4v) is 6.72. The molecule has 0 saturated carbocycles. The Morgan fingerprint density at radius 1 is 0.701 bits per heavy atom. The number of anilines is 2. The van der Waals surface area contributed by atoms with Crippen LogP contribution in [-0.4, -0.2) is 53.2 Å². The van der Waals surface area contributed by atoms with Crippen LogP contribution in [0.25, 0.3) is 21.5 Å². The Kier molecular flexibility index (Phi) is 19.9. The molecule has 2 aromatic carbocycles. The molecule has 67 heavy (non-hydrogen) atoms. The molecule has 350 valence electrons. The first-order valence-electron chi connectivity index (χ1n) is 20.3. The van der Waals surface area contributed by atoms with Crippen LogP contribution >= 0.6 is 35.6 Å². The average molecular weight is 973 g/mol. The van der Waals surface area contributed by atoms with Crippen molar-refractivity contribution in [3.63, 3.8) is 0 Å². The maximum atomic E-state index is 12.6. The molecule has 8 N–H and O–H groups in total. The number of benzene rings is 2. The van der Waals surface area contributed by atoms with E-state index in [4.69, 9.17) is 46.9 Å². The Hall–Kier alpha value is -7.24. The molecule has 8 aromatic rings. The minimum Gasteiger partial charge on any atom is -0.478 e. The molecule has 19 heteroatoms. The number of carbonyl (C=O) groups excluding carboxylic acids is 1. The summed E-state index contributed by atoms with van der Waals surface area (Å²) in [5.74, 6) is -0.272. The van der Waals surface area contributed by atoms with Crippen LogP contribution in [0.5, 0.6) is 0 Å². The van der Waals surface area contributed by atoms with E-state index in [9.17, 15) is 23.6 Å². The number of nitrogen functional groups attached to an aromatic ring is 2. The van der Waals surface area contributed by atoms with E-state index in [0.717, 1.165) is 43.8 Å². The number of hydrogen-bond acceptors (Lipinski definition) is 11. The summed E-state index contributed by atoms with van der Waals surface area (Å²) in [5.41, 5.74) is 21.9. The zero-order valence-corrected chi connectivity index (χ0v) is 37.9.